The zero-order valence-corrected chi connectivity index (χ0v) is 19.7. The van der Waals surface area contributed by atoms with E-state index in [-0.39, 0.29) is 37.8 Å². The van der Waals surface area contributed by atoms with Crippen molar-refractivity contribution < 1.29 is 17.6 Å². The summed E-state index contributed by atoms with van der Waals surface area (Å²) < 4.78 is 39.9. The number of nitriles is 1. The number of carbonyl (C=O) groups is 1. The Labute approximate surface area is 193 Å². The number of benzene rings is 1. The van der Waals surface area contributed by atoms with E-state index in [0.717, 1.165) is 0 Å². The number of anilines is 1. The number of aromatic nitrogens is 1. The van der Waals surface area contributed by atoms with Crippen molar-refractivity contribution in [2.24, 2.45) is 5.41 Å². The summed E-state index contributed by atoms with van der Waals surface area (Å²) in [5, 5.41) is 10.1. The molecule has 2 aromatic rings. The summed E-state index contributed by atoms with van der Waals surface area (Å²) in [5.74, 6) is -0.625. The normalized spacial score (nSPS) is 19.5. The smallest absolute Gasteiger partial charge is 0.257 e. The number of carbonyl (C=O) groups excluding carboxylic acids is 1. The number of fused-ring (bicyclic) bond motifs is 1. The minimum Gasteiger partial charge on any atom is -0.370 e. The van der Waals surface area contributed by atoms with Crippen molar-refractivity contribution >= 4 is 32.5 Å². The maximum Gasteiger partial charge on any atom is 0.257 e. The summed E-state index contributed by atoms with van der Waals surface area (Å²) in [4.78, 5) is 21.6. The van der Waals surface area contributed by atoms with Gasteiger partial charge >= 0.3 is 0 Å². The second kappa shape index (κ2) is 8.88. The highest BCUT2D eigenvalue weighted by molar-refractivity contribution is 7.89. The van der Waals surface area contributed by atoms with Crippen molar-refractivity contribution in [1.29, 1.82) is 5.26 Å². The molecule has 2 fully saturated rings. The molecule has 4 rings (SSSR count). The molecular formula is C23H28FN5O3S. The molecule has 0 bridgehead atoms. The van der Waals surface area contributed by atoms with Crippen LogP contribution in [0.5, 0.6) is 0 Å². The molecular weight excluding hydrogens is 445 g/mol. The minimum absolute atomic E-state index is 0.0296. The third kappa shape index (κ3) is 4.52. The molecule has 0 atom stereocenters. The summed E-state index contributed by atoms with van der Waals surface area (Å²) in [6, 6.07) is 6.72. The molecule has 1 aromatic heterocycles. The fraction of sp³-hybridized carbons (Fsp3) is 0.522. The van der Waals surface area contributed by atoms with E-state index in [9.17, 15) is 22.9 Å². The van der Waals surface area contributed by atoms with Gasteiger partial charge in [-0.15, -0.1) is 0 Å². The standard InChI is InChI=1S/C23H28FN5O3S/c1-3-33(31,32)29-12-10-28(11-13-29)22(30)19-15-26-20-5-4-17(24)14-18(20)21(19)27-8-6-23(2,16-25)7-9-27/h4-5,14-15H,3,6-13H2,1-2H3. The highest BCUT2D eigenvalue weighted by Crippen LogP contribution is 2.37. The Balaban J connectivity index is 1.67. The molecule has 2 saturated heterocycles. The number of hydrogen-bond acceptors (Lipinski definition) is 6. The minimum atomic E-state index is -3.30. The Morgan fingerprint density at radius 3 is 2.45 bits per heavy atom. The van der Waals surface area contributed by atoms with Crippen molar-refractivity contribution in [3.05, 3.63) is 35.8 Å². The number of sulfonamides is 1. The van der Waals surface area contributed by atoms with Gasteiger partial charge in [0.2, 0.25) is 10.0 Å². The van der Waals surface area contributed by atoms with Crippen LogP contribution in [-0.4, -0.2) is 73.5 Å². The van der Waals surface area contributed by atoms with Crippen molar-refractivity contribution in [2.75, 3.05) is 49.9 Å². The van der Waals surface area contributed by atoms with E-state index in [1.54, 1.807) is 17.9 Å². The van der Waals surface area contributed by atoms with E-state index >= 15 is 0 Å². The van der Waals surface area contributed by atoms with Gasteiger partial charge in [-0.3, -0.25) is 9.78 Å². The van der Waals surface area contributed by atoms with E-state index < -0.39 is 21.3 Å². The quantitative estimate of drug-likeness (QED) is 0.677. The first kappa shape index (κ1) is 23.4. The molecule has 176 valence electrons. The van der Waals surface area contributed by atoms with E-state index in [4.69, 9.17) is 0 Å². The molecule has 0 radical (unpaired) electrons. The molecule has 1 aromatic carbocycles. The van der Waals surface area contributed by atoms with Crippen LogP contribution < -0.4 is 4.90 Å². The number of amides is 1. The predicted octanol–water partition coefficient (Wildman–Crippen LogP) is 2.61. The van der Waals surface area contributed by atoms with Gasteiger partial charge in [-0.1, -0.05) is 0 Å². The zero-order valence-electron chi connectivity index (χ0n) is 18.9. The second-order valence-electron chi connectivity index (χ2n) is 8.93. The van der Waals surface area contributed by atoms with Crippen LogP contribution >= 0.6 is 0 Å². The molecule has 3 heterocycles. The maximum atomic E-state index is 14.2. The lowest BCUT2D eigenvalue weighted by Crippen LogP contribution is -2.51. The number of halogens is 1. The maximum absolute atomic E-state index is 14.2. The summed E-state index contributed by atoms with van der Waals surface area (Å²) in [6.07, 6.45) is 2.82. The number of rotatable bonds is 4. The van der Waals surface area contributed by atoms with Gasteiger partial charge < -0.3 is 9.80 Å². The highest BCUT2D eigenvalue weighted by Gasteiger charge is 2.34. The fourth-order valence-corrected chi connectivity index (χ4v) is 5.59. The Morgan fingerprint density at radius 1 is 1.18 bits per heavy atom. The van der Waals surface area contributed by atoms with Crippen LogP contribution in [0.2, 0.25) is 0 Å². The Hall–Kier alpha value is -2.77. The lowest BCUT2D eigenvalue weighted by Gasteiger charge is -2.38. The van der Waals surface area contributed by atoms with Crippen LogP contribution in [0.25, 0.3) is 10.9 Å². The average molecular weight is 474 g/mol. The van der Waals surface area contributed by atoms with Crippen LogP contribution in [-0.2, 0) is 10.0 Å². The van der Waals surface area contributed by atoms with Crippen molar-refractivity contribution in [2.45, 2.75) is 26.7 Å². The predicted molar refractivity (Wildman–Crippen MR) is 124 cm³/mol. The molecule has 0 unspecified atom stereocenters. The van der Waals surface area contributed by atoms with Gasteiger partial charge in [-0.05, 0) is 44.9 Å². The SMILES string of the molecule is CCS(=O)(=O)N1CCN(C(=O)c2cnc3ccc(F)cc3c2N2CCC(C)(C#N)CC2)CC1. The number of nitrogens with zero attached hydrogens (tertiary/aromatic N) is 5. The lowest BCUT2D eigenvalue weighted by molar-refractivity contribution is 0.0698. The Morgan fingerprint density at radius 2 is 1.85 bits per heavy atom. The van der Waals surface area contributed by atoms with Crippen molar-refractivity contribution in [3.63, 3.8) is 0 Å². The molecule has 1 amide bonds. The number of piperidine rings is 1. The van der Waals surface area contributed by atoms with E-state index in [1.165, 1.54) is 22.6 Å². The first-order chi connectivity index (χ1) is 15.7. The number of hydrogen-bond donors (Lipinski definition) is 0. The van der Waals surface area contributed by atoms with E-state index in [0.29, 0.717) is 48.1 Å². The van der Waals surface area contributed by atoms with Crippen LogP contribution in [0.1, 0.15) is 37.0 Å². The molecule has 0 spiro atoms. The molecule has 2 aliphatic rings. The third-order valence-corrected chi connectivity index (χ3v) is 8.65. The topological polar surface area (TPSA) is 97.6 Å². The zero-order chi connectivity index (χ0) is 23.8. The molecule has 2 aliphatic heterocycles. The molecule has 33 heavy (non-hydrogen) atoms. The Bertz CT molecular complexity index is 1210. The largest absolute Gasteiger partial charge is 0.370 e. The highest BCUT2D eigenvalue weighted by atomic mass is 32.2. The van der Waals surface area contributed by atoms with Gasteiger partial charge in [-0.2, -0.15) is 9.57 Å². The van der Waals surface area contributed by atoms with Gasteiger partial charge in [0, 0.05) is 50.9 Å². The van der Waals surface area contributed by atoms with Crippen LogP contribution in [0, 0.1) is 22.6 Å². The average Bonchev–Trinajstić information content (AvgIpc) is 2.83. The second-order valence-corrected chi connectivity index (χ2v) is 11.2. The van der Waals surface area contributed by atoms with Gasteiger partial charge in [0.1, 0.15) is 5.82 Å². The third-order valence-electron chi connectivity index (χ3n) is 6.77. The van der Waals surface area contributed by atoms with Crippen molar-refractivity contribution in [1.82, 2.24) is 14.2 Å². The van der Waals surface area contributed by atoms with Gasteiger partial charge in [0.05, 0.1) is 34.0 Å². The van der Waals surface area contributed by atoms with Gasteiger partial charge in [0.15, 0.2) is 0 Å². The molecule has 10 heteroatoms. The number of piperazine rings is 1. The summed E-state index contributed by atoms with van der Waals surface area (Å²) >= 11 is 0. The first-order valence-corrected chi connectivity index (χ1v) is 12.8. The molecule has 0 aliphatic carbocycles. The monoisotopic (exact) mass is 473 g/mol. The van der Waals surface area contributed by atoms with E-state index in [1.807, 2.05) is 11.8 Å². The molecule has 8 nitrogen and oxygen atoms in total. The summed E-state index contributed by atoms with van der Waals surface area (Å²) in [7, 11) is -3.30. The van der Waals surface area contributed by atoms with Crippen LogP contribution in [0.4, 0.5) is 10.1 Å². The summed E-state index contributed by atoms with van der Waals surface area (Å²) in [5.41, 5.74) is 1.18. The van der Waals surface area contributed by atoms with Gasteiger partial charge in [-0.25, -0.2) is 12.8 Å². The molecule has 0 saturated carbocycles. The molecule has 0 N–H and O–H groups in total. The fourth-order valence-electron chi connectivity index (χ4n) is 4.51. The van der Waals surface area contributed by atoms with E-state index in [2.05, 4.69) is 11.1 Å². The van der Waals surface area contributed by atoms with Crippen molar-refractivity contribution in [3.8, 4) is 6.07 Å². The first-order valence-electron chi connectivity index (χ1n) is 11.2. The summed E-state index contributed by atoms with van der Waals surface area (Å²) in [6.45, 7) is 5.75. The Kier molecular flexibility index (Phi) is 6.29. The van der Waals surface area contributed by atoms with Crippen LogP contribution in [0.15, 0.2) is 24.4 Å². The lowest BCUT2D eigenvalue weighted by atomic mass is 9.81. The number of pyridine rings is 1. The van der Waals surface area contributed by atoms with Gasteiger partial charge in [0.25, 0.3) is 5.91 Å². The van der Waals surface area contributed by atoms with Crippen LogP contribution in [0.3, 0.4) is 0 Å².